The Hall–Kier alpha value is -2.52. The van der Waals surface area contributed by atoms with Gasteiger partial charge in [-0.15, -0.1) is 11.3 Å². The fraction of sp³-hybridized carbons (Fsp3) is 0.222. The minimum atomic E-state index is -4.56. The van der Waals surface area contributed by atoms with E-state index in [1.807, 2.05) is 0 Å². The van der Waals surface area contributed by atoms with Gasteiger partial charge in [0.15, 0.2) is 4.80 Å². The number of hydrogen-bond acceptors (Lipinski definition) is 4. The highest BCUT2D eigenvalue weighted by Crippen LogP contribution is 2.30. The fourth-order valence-corrected chi connectivity index (χ4v) is 3.48. The van der Waals surface area contributed by atoms with Gasteiger partial charge in [-0.25, -0.2) is 0 Å². The third kappa shape index (κ3) is 4.48. The van der Waals surface area contributed by atoms with Crippen molar-refractivity contribution < 1.29 is 27.1 Å². The van der Waals surface area contributed by atoms with Crippen LogP contribution in [-0.2, 0) is 12.7 Å². The Kier molecular flexibility index (Phi) is 5.66. The molecule has 3 aromatic rings. The molecule has 28 heavy (non-hydrogen) atoms. The minimum Gasteiger partial charge on any atom is -0.496 e. The van der Waals surface area contributed by atoms with E-state index in [4.69, 9.17) is 20.8 Å². The minimum absolute atomic E-state index is 0.000780. The van der Waals surface area contributed by atoms with Gasteiger partial charge in [0.1, 0.15) is 11.5 Å². The largest absolute Gasteiger partial charge is 0.496 e. The molecule has 0 saturated heterocycles. The Balaban J connectivity index is 1.95. The van der Waals surface area contributed by atoms with Gasteiger partial charge in [0, 0.05) is 16.1 Å². The molecule has 0 bridgehead atoms. The first-order valence-electron chi connectivity index (χ1n) is 7.93. The number of benzene rings is 1. The standard InChI is InChI=1S/C18H14ClF3N2O3S/c1-10-8-24(9-12-4-6-15(27-12)18(20,21)22)17(28-10)23-16(25)13-7-11(19)3-5-14(13)26-2/h3-8H,9H2,1-2H3. The molecule has 0 aliphatic rings. The van der Waals surface area contributed by atoms with E-state index in [0.717, 1.165) is 10.9 Å². The van der Waals surface area contributed by atoms with Crippen molar-refractivity contribution in [1.29, 1.82) is 0 Å². The molecule has 1 amide bonds. The number of thiazole rings is 1. The van der Waals surface area contributed by atoms with Crippen molar-refractivity contribution in [2.24, 2.45) is 4.99 Å². The topological polar surface area (TPSA) is 56.7 Å². The van der Waals surface area contributed by atoms with E-state index in [1.54, 1.807) is 29.8 Å². The first kappa shape index (κ1) is 20.2. The number of aromatic nitrogens is 1. The molecule has 2 aromatic heterocycles. The summed E-state index contributed by atoms with van der Waals surface area (Å²) < 4.78 is 49.7. The SMILES string of the molecule is COc1ccc(Cl)cc1C(=O)N=c1sc(C)cn1Cc1ccc(C(F)(F)F)o1. The predicted molar refractivity (Wildman–Crippen MR) is 97.8 cm³/mol. The predicted octanol–water partition coefficient (Wildman–Crippen LogP) is 4.92. The second-order valence-corrected chi connectivity index (χ2v) is 7.43. The summed E-state index contributed by atoms with van der Waals surface area (Å²) in [7, 11) is 1.42. The molecule has 148 valence electrons. The number of carbonyl (C=O) groups excluding carboxylic acids is 1. The normalized spacial score (nSPS) is 12.4. The van der Waals surface area contributed by atoms with E-state index in [0.29, 0.717) is 15.6 Å². The molecule has 10 heteroatoms. The lowest BCUT2D eigenvalue weighted by atomic mass is 10.2. The smallest absolute Gasteiger partial charge is 0.449 e. The molecule has 0 N–H and O–H groups in total. The van der Waals surface area contributed by atoms with Crippen LogP contribution >= 0.6 is 22.9 Å². The van der Waals surface area contributed by atoms with Crippen LogP contribution in [0.2, 0.25) is 5.02 Å². The highest BCUT2D eigenvalue weighted by molar-refractivity contribution is 7.09. The van der Waals surface area contributed by atoms with Crippen LogP contribution in [-0.4, -0.2) is 17.6 Å². The average Bonchev–Trinajstić information content (AvgIpc) is 3.22. The maximum atomic E-state index is 12.7. The monoisotopic (exact) mass is 430 g/mol. The summed E-state index contributed by atoms with van der Waals surface area (Å²) in [6, 6.07) is 6.70. The van der Waals surface area contributed by atoms with E-state index in [2.05, 4.69) is 4.99 Å². The third-order valence-electron chi connectivity index (χ3n) is 3.69. The zero-order valence-electron chi connectivity index (χ0n) is 14.7. The summed E-state index contributed by atoms with van der Waals surface area (Å²) in [6.45, 7) is 1.80. The molecule has 0 atom stereocenters. The molecular formula is C18H14ClF3N2O3S. The molecule has 3 rings (SSSR count). The van der Waals surface area contributed by atoms with Crippen molar-refractivity contribution in [1.82, 2.24) is 4.57 Å². The Morgan fingerprint density at radius 3 is 2.71 bits per heavy atom. The van der Waals surface area contributed by atoms with Crippen molar-refractivity contribution in [2.75, 3.05) is 7.11 Å². The lowest BCUT2D eigenvalue weighted by Gasteiger charge is -2.05. The van der Waals surface area contributed by atoms with E-state index >= 15 is 0 Å². The number of ether oxygens (including phenoxy) is 1. The van der Waals surface area contributed by atoms with Crippen molar-refractivity contribution in [2.45, 2.75) is 19.6 Å². The fourth-order valence-electron chi connectivity index (χ4n) is 2.48. The lowest BCUT2D eigenvalue weighted by Crippen LogP contribution is -2.17. The second kappa shape index (κ2) is 7.84. The second-order valence-electron chi connectivity index (χ2n) is 5.78. The quantitative estimate of drug-likeness (QED) is 0.590. The first-order valence-corrected chi connectivity index (χ1v) is 9.12. The first-order chi connectivity index (χ1) is 13.2. The van der Waals surface area contributed by atoms with Crippen LogP contribution in [0.4, 0.5) is 13.2 Å². The molecular weight excluding hydrogens is 417 g/mol. The van der Waals surface area contributed by atoms with Gasteiger partial charge in [-0.3, -0.25) is 4.79 Å². The Labute approximate surface area is 166 Å². The molecule has 0 aliphatic carbocycles. The van der Waals surface area contributed by atoms with E-state index in [-0.39, 0.29) is 17.9 Å². The summed E-state index contributed by atoms with van der Waals surface area (Å²) >= 11 is 7.17. The van der Waals surface area contributed by atoms with Crippen LogP contribution < -0.4 is 9.54 Å². The molecule has 0 spiro atoms. The number of methoxy groups -OCH3 is 1. The number of rotatable bonds is 4. The van der Waals surface area contributed by atoms with E-state index < -0.39 is 17.8 Å². The molecule has 0 fully saturated rings. The molecule has 0 radical (unpaired) electrons. The third-order valence-corrected chi connectivity index (χ3v) is 4.86. The maximum Gasteiger partial charge on any atom is 0.449 e. The zero-order chi connectivity index (χ0) is 20.5. The maximum absolute atomic E-state index is 12.7. The number of amides is 1. The van der Waals surface area contributed by atoms with Gasteiger partial charge in [-0.2, -0.15) is 18.2 Å². The molecule has 5 nitrogen and oxygen atoms in total. The van der Waals surface area contributed by atoms with Crippen LogP contribution in [0.15, 0.2) is 45.9 Å². The Morgan fingerprint density at radius 1 is 1.32 bits per heavy atom. The van der Waals surface area contributed by atoms with Crippen LogP contribution in [0.25, 0.3) is 0 Å². The van der Waals surface area contributed by atoms with Crippen molar-refractivity contribution >= 4 is 28.8 Å². The van der Waals surface area contributed by atoms with Gasteiger partial charge in [0.2, 0.25) is 5.76 Å². The van der Waals surface area contributed by atoms with Crippen molar-refractivity contribution in [3.63, 3.8) is 0 Å². The van der Waals surface area contributed by atoms with Gasteiger partial charge in [0.25, 0.3) is 5.91 Å². The van der Waals surface area contributed by atoms with Gasteiger partial charge >= 0.3 is 6.18 Å². The number of nitrogens with zero attached hydrogens (tertiary/aromatic N) is 2. The van der Waals surface area contributed by atoms with Crippen LogP contribution in [0.1, 0.15) is 26.8 Å². The number of halogens is 4. The van der Waals surface area contributed by atoms with Crippen LogP contribution in [0, 0.1) is 6.92 Å². The number of aryl methyl sites for hydroxylation is 1. The zero-order valence-corrected chi connectivity index (χ0v) is 16.3. The number of carbonyl (C=O) groups is 1. The van der Waals surface area contributed by atoms with E-state index in [9.17, 15) is 18.0 Å². The number of furan rings is 1. The highest BCUT2D eigenvalue weighted by atomic mass is 35.5. The summed E-state index contributed by atoms with van der Waals surface area (Å²) in [5.74, 6) is -1.24. The molecule has 0 saturated carbocycles. The molecule has 0 unspecified atom stereocenters. The van der Waals surface area contributed by atoms with Crippen molar-refractivity contribution in [3.8, 4) is 5.75 Å². The lowest BCUT2D eigenvalue weighted by molar-refractivity contribution is -0.153. The van der Waals surface area contributed by atoms with Crippen LogP contribution in [0.5, 0.6) is 5.75 Å². The summed E-state index contributed by atoms with van der Waals surface area (Å²) in [5, 5.41) is 0.352. The van der Waals surface area contributed by atoms with Gasteiger partial charge in [0.05, 0.1) is 19.2 Å². The van der Waals surface area contributed by atoms with E-state index in [1.165, 1.54) is 30.6 Å². The van der Waals surface area contributed by atoms with Gasteiger partial charge < -0.3 is 13.7 Å². The van der Waals surface area contributed by atoms with Gasteiger partial charge in [-0.1, -0.05) is 11.6 Å². The summed E-state index contributed by atoms with van der Waals surface area (Å²) in [4.78, 5) is 17.8. The summed E-state index contributed by atoms with van der Waals surface area (Å²) in [5.41, 5.74) is 0.185. The Morgan fingerprint density at radius 2 is 2.07 bits per heavy atom. The number of hydrogen-bond donors (Lipinski definition) is 0. The summed E-state index contributed by atoms with van der Waals surface area (Å²) in [6.07, 6.45) is -2.87. The van der Waals surface area contributed by atoms with Crippen LogP contribution in [0.3, 0.4) is 0 Å². The molecule has 0 aliphatic heterocycles. The average molecular weight is 431 g/mol. The Bertz CT molecular complexity index is 1080. The van der Waals surface area contributed by atoms with Crippen molar-refractivity contribution in [3.05, 3.63) is 68.3 Å². The van der Waals surface area contributed by atoms with Gasteiger partial charge in [-0.05, 0) is 37.3 Å². The highest BCUT2D eigenvalue weighted by Gasteiger charge is 2.34. The number of alkyl halides is 3. The molecule has 1 aromatic carbocycles. The molecule has 2 heterocycles.